The number of allylic oxidation sites excluding steroid dienone is 1. The van der Waals surface area contributed by atoms with Gasteiger partial charge in [0.25, 0.3) is 0 Å². The first kappa shape index (κ1) is 9.37. The summed E-state index contributed by atoms with van der Waals surface area (Å²) < 4.78 is 0. The lowest BCUT2D eigenvalue weighted by atomic mass is 10.2. The van der Waals surface area contributed by atoms with Gasteiger partial charge in [0.2, 0.25) is 0 Å². The van der Waals surface area contributed by atoms with Crippen LogP contribution in [0.25, 0.3) is 0 Å². The minimum Gasteiger partial charge on any atom is -0.307 e. The van der Waals surface area contributed by atoms with Crippen molar-refractivity contribution >= 4 is 5.78 Å². The summed E-state index contributed by atoms with van der Waals surface area (Å²) in [6, 6.07) is -0.0973. The van der Waals surface area contributed by atoms with Gasteiger partial charge in [-0.15, -0.1) is 0 Å². The molecule has 0 fully saturated rings. The van der Waals surface area contributed by atoms with Crippen LogP contribution in [0.3, 0.4) is 0 Å². The summed E-state index contributed by atoms with van der Waals surface area (Å²) in [5, 5.41) is 2.90. The van der Waals surface area contributed by atoms with Crippen LogP contribution in [0.15, 0.2) is 12.2 Å². The molecule has 1 atom stereocenters. The number of ketones is 1. The number of rotatable bonds is 4. The zero-order valence-corrected chi connectivity index (χ0v) is 6.85. The van der Waals surface area contributed by atoms with Gasteiger partial charge in [-0.3, -0.25) is 4.79 Å². The Morgan fingerprint density at radius 2 is 2.30 bits per heavy atom. The van der Waals surface area contributed by atoms with Crippen LogP contribution in [-0.4, -0.2) is 18.9 Å². The highest BCUT2D eigenvalue weighted by Crippen LogP contribution is 1.89. The molecule has 0 radical (unpaired) electrons. The SMILES string of the molecule is CC/C=C/[C@H](NC)C(C)=O. The number of carbonyl (C=O) groups is 1. The molecule has 0 aliphatic heterocycles. The molecule has 0 aromatic rings. The fourth-order valence-electron chi connectivity index (χ4n) is 0.707. The monoisotopic (exact) mass is 141 g/mol. The molecule has 0 aliphatic carbocycles. The van der Waals surface area contributed by atoms with Crippen LogP contribution in [0.4, 0.5) is 0 Å². The Labute approximate surface area is 62.3 Å². The Balaban J connectivity index is 3.83. The van der Waals surface area contributed by atoms with Crippen LogP contribution in [0.2, 0.25) is 0 Å². The van der Waals surface area contributed by atoms with Crippen LogP contribution < -0.4 is 5.32 Å². The van der Waals surface area contributed by atoms with Gasteiger partial charge in [0.15, 0.2) is 5.78 Å². The van der Waals surface area contributed by atoms with E-state index in [0.717, 1.165) is 6.42 Å². The standard InChI is InChI=1S/C8H15NO/c1-4-5-6-8(9-3)7(2)10/h5-6,8-9H,4H2,1-3H3/b6-5+/t8-/m0/s1. The lowest BCUT2D eigenvalue weighted by Gasteiger charge is -2.05. The van der Waals surface area contributed by atoms with Gasteiger partial charge in [-0.2, -0.15) is 0 Å². The number of nitrogens with one attached hydrogen (secondary N) is 1. The summed E-state index contributed by atoms with van der Waals surface area (Å²) in [4.78, 5) is 10.8. The molecule has 2 heteroatoms. The van der Waals surface area contributed by atoms with Gasteiger partial charge in [0, 0.05) is 0 Å². The van der Waals surface area contributed by atoms with E-state index < -0.39 is 0 Å². The third-order valence-corrected chi connectivity index (χ3v) is 1.31. The maximum absolute atomic E-state index is 10.8. The Morgan fingerprint density at radius 1 is 1.70 bits per heavy atom. The number of Topliss-reactive ketones (excluding diaryl/α,β-unsaturated/α-hetero) is 1. The molecular weight excluding hydrogens is 126 g/mol. The third-order valence-electron chi connectivity index (χ3n) is 1.31. The topological polar surface area (TPSA) is 29.1 Å². The summed E-state index contributed by atoms with van der Waals surface area (Å²) in [7, 11) is 1.78. The van der Waals surface area contributed by atoms with Gasteiger partial charge >= 0.3 is 0 Å². The molecule has 0 rings (SSSR count). The van der Waals surface area contributed by atoms with E-state index in [2.05, 4.69) is 5.32 Å². The molecule has 2 nitrogen and oxygen atoms in total. The summed E-state index contributed by atoms with van der Waals surface area (Å²) in [5.41, 5.74) is 0. The van der Waals surface area contributed by atoms with E-state index in [9.17, 15) is 4.79 Å². The van der Waals surface area contributed by atoms with Crippen molar-refractivity contribution in [1.29, 1.82) is 0 Å². The van der Waals surface area contributed by atoms with Crippen LogP contribution in [-0.2, 0) is 4.79 Å². The molecule has 0 saturated heterocycles. The van der Waals surface area contributed by atoms with Gasteiger partial charge < -0.3 is 5.32 Å². The van der Waals surface area contributed by atoms with Crippen molar-refractivity contribution in [3.8, 4) is 0 Å². The zero-order valence-electron chi connectivity index (χ0n) is 6.85. The van der Waals surface area contributed by atoms with Gasteiger partial charge in [-0.1, -0.05) is 19.1 Å². The predicted octanol–water partition coefficient (Wildman–Crippen LogP) is 1.13. The fraction of sp³-hybridized carbons (Fsp3) is 0.625. The van der Waals surface area contributed by atoms with Crippen LogP contribution in [0.5, 0.6) is 0 Å². The van der Waals surface area contributed by atoms with Crippen molar-refractivity contribution < 1.29 is 4.79 Å². The number of hydrogen-bond acceptors (Lipinski definition) is 2. The molecular formula is C8H15NO. The van der Waals surface area contributed by atoms with Crippen LogP contribution >= 0.6 is 0 Å². The first-order chi connectivity index (χ1) is 4.72. The predicted molar refractivity (Wildman–Crippen MR) is 43.0 cm³/mol. The van der Waals surface area contributed by atoms with Gasteiger partial charge in [0.05, 0.1) is 6.04 Å². The van der Waals surface area contributed by atoms with Crippen molar-refractivity contribution in [2.24, 2.45) is 0 Å². The van der Waals surface area contributed by atoms with E-state index in [1.807, 2.05) is 19.1 Å². The van der Waals surface area contributed by atoms with Crippen molar-refractivity contribution in [2.45, 2.75) is 26.3 Å². The highest BCUT2D eigenvalue weighted by Gasteiger charge is 2.04. The Hall–Kier alpha value is -0.630. The zero-order chi connectivity index (χ0) is 7.98. The summed E-state index contributed by atoms with van der Waals surface area (Å²) >= 11 is 0. The van der Waals surface area contributed by atoms with E-state index in [-0.39, 0.29) is 11.8 Å². The number of likely N-dealkylation sites (N-methyl/N-ethyl adjacent to an activating group) is 1. The quantitative estimate of drug-likeness (QED) is 0.595. The molecule has 1 N–H and O–H groups in total. The number of carbonyl (C=O) groups excluding carboxylic acids is 1. The van der Waals surface area contributed by atoms with Gasteiger partial charge in [-0.05, 0) is 20.4 Å². The second-order valence-corrected chi connectivity index (χ2v) is 2.21. The van der Waals surface area contributed by atoms with E-state index in [4.69, 9.17) is 0 Å². The average molecular weight is 141 g/mol. The molecule has 0 saturated carbocycles. The lowest BCUT2D eigenvalue weighted by molar-refractivity contribution is -0.117. The molecule has 0 bridgehead atoms. The van der Waals surface area contributed by atoms with Crippen molar-refractivity contribution in [2.75, 3.05) is 7.05 Å². The Kier molecular flexibility index (Phi) is 4.85. The van der Waals surface area contributed by atoms with E-state index in [1.165, 1.54) is 0 Å². The highest BCUT2D eigenvalue weighted by molar-refractivity contribution is 5.83. The second-order valence-electron chi connectivity index (χ2n) is 2.21. The van der Waals surface area contributed by atoms with E-state index in [0.29, 0.717) is 0 Å². The van der Waals surface area contributed by atoms with Crippen LogP contribution in [0.1, 0.15) is 20.3 Å². The average Bonchev–Trinajstić information content (AvgIpc) is 1.89. The van der Waals surface area contributed by atoms with Gasteiger partial charge in [0.1, 0.15) is 0 Å². The third kappa shape index (κ3) is 3.41. The molecule has 0 amide bonds. The lowest BCUT2D eigenvalue weighted by Crippen LogP contribution is -2.29. The first-order valence-electron chi connectivity index (χ1n) is 3.56. The minimum absolute atomic E-state index is 0.0973. The normalized spacial score (nSPS) is 13.9. The maximum atomic E-state index is 10.8. The van der Waals surface area contributed by atoms with Crippen LogP contribution in [0, 0.1) is 0 Å². The summed E-state index contributed by atoms with van der Waals surface area (Å²) in [5.74, 6) is 0.159. The van der Waals surface area contributed by atoms with Gasteiger partial charge in [-0.25, -0.2) is 0 Å². The molecule has 0 aliphatic rings. The largest absolute Gasteiger partial charge is 0.307 e. The fourth-order valence-corrected chi connectivity index (χ4v) is 0.707. The minimum atomic E-state index is -0.0973. The van der Waals surface area contributed by atoms with Crippen molar-refractivity contribution in [1.82, 2.24) is 5.32 Å². The molecule has 0 heterocycles. The molecule has 0 aromatic carbocycles. The molecule has 0 aromatic heterocycles. The first-order valence-corrected chi connectivity index (χ1v) is 3.56. The summed E-state index contributed by atoms with van der Waals surface area (Å²) in [6.07, 6.45) is 4.86. The van der Waals surface area contributed by atoms with Crippen molar-refractivity contribution in [3.05, 3.63) is 12.2 Å². The molecule has 58 valence electrons. The van der Waals surface area contributed by atoms with Crippen molar-refractivity contribution in [3.63, 3.8) is 0 Å². The Bertz CT molecular complexity index is 129. The molecule has 0 unspecified atom stereocenters. The molecule has 10 heavy (non-hydrogen) atoms. The smallest absolute Gasteiger partial charge is 0.150 e. The maximum Gasteiger partial charge on any atom is 0.150 e. The van der Waals surface area contributed by atoms with E-state index >= 15 is 0 Å². The number of hydrogen-bond donors (Lipinski definition) is 1. The summed E-state index contributed by atoms with van der Waals surface area (Å²) in [6.45, 7) is 3.63. The van der Waals surface area contributed by atoms with E-state index in [1.54, 1.807) is 14.0 Å². The molecule has 0 spiro atoms. The second kappa shape index (κ2) is 5.18. The Morgan fingerprint density at radius 3 is 2.60 bits per heavy atom. The highest BCUT2D eigenvalue weighted by atomic mass is 16.1.